The van der Waals surface area contributed by atoms with E-state index in [0.29, 0.717) is 16.6 Å². The molecule has 1 atom stereocenters. The Labute approximate surface area is 128 Å². The molecule has 7 heteroatoms. The molecule has 0 aliphatic heterocycles. The minimum absolute atomic E-state index is 0.222. The molecule has 0 spiro atoms. The maximum atomic E-state index is 13.4. The summed E-state index contributed by atoms with van der Waals surface area (Å²) in [5, 5.41) is 12.6. The van der Waals surface area contributed by atoms with E-state index >= 15 is 0 Å². The molecule has 0 saturated heterocycles. The minimum atomic E-state index is -4.02. The van der Waals surface area contributed by atoms with Crippen molar-refractivity contribution in [3.8, 4) is 0 Å². The number of carbonyl (C=O) groups is 1. The smallest absolute Gasteiger partial charge is 0.374 e. The number of aliphatic carboxylic acids is 1. The summed E-state index contributed by atoms with van der Waals surface area (Å²) in [6.45, 7) is 0. The van der Waals surface area contributed by atoms with E-state index in [1.165, 1.54) is 12.1 Å². The van der Waals surface area contributed by atoms with Crippen LogP contribution >= 0.6 is 0 Å². The highest BCUT2D eigenvalue weighted by Crippen LogP contribution is 2.35. The lowest BCUT2D eigenvalue weighted by Gasteiger charge is -2.15. The highest BCUT2D eigenvalue weighted by molar-refractivity contribution is 6.05. The molecule has 23 heavy (non-hydrogen) atoms. The van der Waals surface area contributed by atoms with Crippen LogP contribution in [0, 0.1) is 4.91 Å². The topological polar surface area (TPSA) is 79.9 Å². The van der Waals surface area contributed by atoms with Crippen molar-refractivity contribution in [2.24, 2.45) is 5.18 Å². The normalized spacial score (nSPS) is 13.3. The second-order valence-electron chi connectivity index (χ2n) is 5.19. The van der Waals surface area contributed by atoms with Gasteiger partial charge in [0.1, 0.15) is 17.2 Å². The van der Waals surface area contributed by atoms with Crippen LogP contribution in [0.2, 0.25) is 0 Å². The minimum Gasteiger partial charge on any atom is -0.477 e. The number of carboxylic acids is 1. The fraction of sp³-hybridized carbons (Fsp3) is 0.188. The second kappa shape index (κ2) is 5.42. The van der Waals surface area contributed by atoms with Crippen LogP contribution in [0.5, 0.6) is 0 Å². The summed E-state index contributed by atoms with van der Waals surface area (Å²) < 4.78 is 32.3. The first-order chi connectivity index (χ1) is 10.9. The number of rotatable bonds is 5. The summed E-state index contributed by atoms with van der Waals surface area (Å²) in [5.74, 6) is -6.30. The molecule has 0 radical (unpaired) electrons. The number of para-hydroxylation sites is 1. The molecular formula is C16H11F2NO4. The van der Waals surface area contributed by atoms with Crippen LogP contribution < -0.4 is 0 Å². The number of fused-ring (bicyclic) bond motifs is 3. The van der Waals surface area contributed by atoms with Crippen molar-refractivity contribution in [3.05, 3.63) is 52.9 Å². The third kappa shape index (κ3) is 2.65. The first-order valence-electron chi connectivity index (χ1n) is 6.77. The molecule has 0 amide bonds. The summed E-state index contributed by atoms with van der Waals surface area (Å²) in [6.07, 6.45) is -1.19. The van der Waals surface area contributed by atoms with E-state index in [-0.39, 0.29) is 5.56 Å². The number of carboxylic acid groups (broad SMARTS) is 1. The Morgan fingerprint density at radius 1 is 1.17 bits per heavy atom. The fourth-order valence-corrected chi connectivity index (χ4v) is 2.50. The van der Waals surface area contributed by atoms with E-state index in [1.54, 1.807) is 30.3 Å². The molecule has 0 aliphatic rings. The van der Waals surface area contributed by atoms with Crippen LogP contribution in [0.4, 0.5) is 8.78 Å². The number of alkyl halides is 2. The number of nitrogens with zero attached hydrogens (tertiary/aromatic N) is 1. The second-order valence-corrected chi connectivity index (χ2v) is 5.19. The lowest BCUT2D eigenvalue weighted by atomic mass is 9.99. The van der Waals surface area contributed by atoms with Gasteiger partial charge in [0.05, 0.1) is 6.42 Å². The average molecular weight is 319 g/mol. The number of halogens is 2. The molecule has 1 heterocycles. The summed E-state index contributed by atoms with van der Waals surface area (Å²) in [7, 11) is 0. The Morgan fingerprint density at radius 3 is 2.57 bits per heavy atom. The highest BCUT2D eigenvalue weighted by atomic mass is 19.3. The molecule has 1 aromatic heterocycles. The van der Waals surface area contributed by atoms with E-state index in [0.717, 1.165) is 5.39 Å². The first-order valence-corrected chi connectivity index (χ1v) is 6.77. The number of benzene rings is 2. The molecule has 1 N–H and O–H groups in total. The van der Waals surface area contributed by atoms with Gasteiger partial charge >= 0.3 is 11.9 Å². The molecular weight excluding hydrogens is 308 g/mol. The van der Waals surface area contributed by atoms with Gasteiger partial charge in [-0.05, 0) is 23.8 Å². The molecule has 118 valence electrons. The first kappa shape index (κ1) is 15.1. The number of nitroso groups, excluding NO2 is 1. The number of furan rings is 1. The van der Waals surface area contributed by atoms with Crippen molar-refractivity contribution >= 4 is 27.9 Å². The van der Waals surface area contributed by atoms with E-state index in [1.807, 2.05) is 0 Å². The summed E-state index contributed by atoms with van der Waals surface area (Å²) >= 11 is 0. The Bertz CT molecular complexity index is 903. The van der Waals surface area contributed by atoms with Crippen molar-refractivity contribution < 1.29 is 23.1 Å². The third-order valence-corrected chi connectivity index (χ3v) is 3.68. The van der Waals surface area contributed by atoms with Gasteiger partial charge in [-0.15, -0.1) is 0 Å². The summed E-state index contributed by atoms with van der Waals surface area (Å²) in [6, 6.07) is 10.2. The molecule has 0 aliphatic carbocycles. The number of hydrogen-bond donors (Lipinski definition) is 1. The molecule has 2 aromatic carbocycles. The van der Waals surface area contributed by atoms with Gasteiger partial charge in [0.15, 0.2) is 0 Å². The fourth-order valence-electron chi connectivity index (χ4n) is 2.50. The maximum absolute atomic E-state index is 13.4. The zero-order valence-corrected chi connectivity index (χ0v) is 11.7. The predicted octanol–water partition coefficient (Wildman–Crippen LogP) is 4.50. The van der Waals surface area contributed by atoms with Crippen LogP contribution in [-0.2, 0) is 4.79 Å². The Balaban J connectivity index is 2.06. The largest absolute Gasteiger partial charge is 0.477 e. The molecule has 1 unspecified atom stereocenters. The SMILES string of the molecule is O=NC(CC(F)(F)C(=O)O)c1ccc2oc3ccccc3c2c1. The van der Waals surface area contributed by atoms with Crippen LogP contribution in [0.3, 0.4) is 0 Å². The molecule has 0 bridgehead atoms. The van der Waals surface area contributed by atoms with Crippen LogP contribution in [0.25, 0.3) is 21.9 Å². The average Bonchev–Trinajstić information content (AvgIpc) is 2.90. The zero-order chi connectivity index (χ0) is 16.6. The maximum Gasteiger partial charge on any atom is 0.374 e. The summed E-state index contributed by atoms with van der Waals surface area (Å²) in [4.78, 5) is 21.5. The molecule has 3 aromatic rings. The molecule has 5 nitrogen and oxygen atoms in total. The Morgan fingerprint density at radius 2 is 1.87 bits per heavy atom. The Kier molecular flexibility index (Phi) is 3.55. The lowest BCUT2D eigenvalue weighted by molar-refractivity contribution is -0.166. The third-order valence-electron chi connectivity index (χ3n) is 3.68. The predicted molar refractivity (Wildman–Crippen MR) is 79.5 cm³/mol. The van der Waals surface area contributed by atoms with Crippen molar-refractivity contribution in [3.63, 3.8) is 0 Å². The summed E-state index contributed by atoms with van der Waals surface area (Å²) in [5.41, 5.74) is 1.40. The van der Waals surface area contributed by atoms with Crippen molar-refractivity contribution in [1.82, 2.24) is 0 Å². The van der Waals surface area contributed by atoms with E-state index in [2.05, 4.69) is 5.18 Å². The van der Waals surface area contributed by atoms with Gasteiger partial charge < -0.3 is 9.52 Å². The Hall–Kier alpha value is -2.83. The monoisotopic (exact) mass is 319 g/mol. The van der Waals surface area contributed by atoms with Crippen LogP contribution in [-0.4, -0.2) is 17.0 Å². The zero-order valence-electron chi connectivity index (χ0n) is 11.7. The van der Waals surface area contributed by atoms with Gasteiger partial charge in [-0.1, -0.05) is 29.4 Å². The van der Waals surface area contributed by atoms with E-state index < -0.39 is 24.4 Å². The van der Waals surface area contributed by atoms with Gasteiger partial charge in [0.2, 0.25) is 0 Å². The van der Waals surface area contributed by atoms with Gasteiger partial charge in [0, 0.05) is 10.8 Å². The van der Waals surface area contributed by atoms with E-state index in [4.69, 9.17) is 9.52 Å². The number of hydrogen-bond acceptors (Lipinski definition) is 4. The van der Waals surface area contributed by atoms with Crippen LogP contribution in [0.1, 0.15) is 18.0 Å². The molecule has 3 rings (SSSR count). The van der Waals surface area contributed by atoms with Crippen molar-refractivity contribution in [2.45, 2.75) is 18.4 Å². The van der Waals surface area contributed by atoms with Crippen molar-refractivity contribution in [2.75, 3.05) is 0 Å². The molecule has 0 fully saturated rings. The van der Waals surface area contributed by atoms with Gasteiger partial charge in [0.25, 0.3) is 0 Å². The highest BCUT2D eigenvalue weighted by Gasteiger charge is 2.42. The standard InChI is InChI=1S/C16H11F2NO4/c17-16(18,15(20)21)8-12(19-22)9-5-6-14-11(7-9)10-3-1-2-4-13(10)23-14/h1-7,12H,8H2,(H,20,21). The van der Waals surface area contributed by atoms with Crippen molar-refractivity contribution in [1.29, 1.82) is 0 Å². The van der Waals surface area contributed by atoms with E-state index in [9.17, 15) is 18.5 Å². The molecule has 0 saturated carbocycles. The van der Waals surface area contributed by atoms with Crippen LogP contribution in [0.15, 0.2) is 52.1 Å². The lowest BCUT2D eigenvalue weighted by Crippen LogP contribution is -2.29. The van der Waals surface area contributed by atoms with Gasteiger partial charge in [-0.2, -0.15) is 13.7 Å². The quantitative estimate of drug-likeness (QED) is 0.702. The van der Waals surface area contributed by atoms with Gasteiger partial charge in [-0.25, -0.2) is 4.79 Å². The van der Waals surface area contributed by atoms with Gasteiger partial charge in [-0.3, -0.25) is 0 Å².